The van der Waals surface area contributed by atoms with Gasteiger partial charge in [-0.25, -0.2) is 9.98 Å². The van der Waals surface area contributed by atoms with Gasteiger partial charge in [-0.1, -0.05) is 23.7 Å². The predicted octanol–water partition coefficient (Wildman–Crippen LogP) is 3.30. The number of anilines is 3. The summed E-state index contributed by atoms with van der Waals surface area (Å²) in [7, 11) is 1.56. The van der Waals surface area contributed by atoms with Gasteiger partial charge in [0.2, 0.25) is 5.96 Å². The molecule has 3 aromatic rings. The summed E-state index contributed by atoms with van der Waals surface area (Å²) < 4.78 is 11.4. The van der Waals surface area contributed by atoms with E-state index < -0.39 is 6.04 Å². The monoisotopic (exact) mass is 474 g/mol. The number of ether oxygens (including phenoxy) is 2. The molecule has 2 aromatic carbocycles. The number of benzene rings is 2. The van der Waals surface area contributed by atoms with Crippen LogP contribution in [0.1, 0.15) is 28.3 Å². The van der Waals surface area contributed by atoms with Crippen molar-refractivity contribution in [3.63, 3.8) is 0 Å². The molecule has 1 unspecified atom stereocenters. The lowest BCUT2D eigenvalue weighted by Gasteiger charge is -2.26. The van der Waals surface area contributed by atoms with Crippen LogP contribution in [-0.4, -0.2) is 18.1 Å². The molecule has 34 heavy (non-hydrogen) atoms. The summed E-state index contributed by atoms with van der Waals surface area (Å²) in [5.74, 6) is 1.67. The third-order valence-electron chi connectivity index (χ3n) is 5.17. The number of aliphatic imine (C=N–C) groups is 1. The third-order valence-corrected chi connectivity index (χ3v) is 5.40. The van der Waals surface area contributed by atoms with Gasteiger partial charge in [-0.3, -0.25) is 5.32 Å². The number of rotatable bonds is 5. The number of methoxy groups -OCH3 is 1. The summed E-state index contributed by atoms with van der Waals surface area (Å²) in [6.07, 6.45) is 1.83. The number of nitrogens with one attached hydrogen (secondary N) is 2. The van der Waals surface area contributed by atoms with Crippen molar-refractivity contribution in [3.05, 3.63) is 69.7 Å². The van der Waals surface area contributed by atoms with Crippen LogP contribution in [0, 0.1) is 22.8 Å². The smallest absolute Gasteiger partial charge is 0.211 e. The lowest BCUT2D eigenvalue weighted by Crippen LogP contribution is -2.32. The maximum atomic E-state index is 9.50. The molecule has 1 aliphatic heterocycles. The van der Waals surface area contributed by atoms with Gasteiger partial charge in [0.1, 0.15) is 47.4 Å². The van der Waals surface area contributed by atoms with Crippen LogP contribution in [-0.2, 0) is 6.61 Å². The zero-order valence-corrected chi connectivity index (χ0v) is 18.7. The highest BCUT2D eigenvalue weighted by molar-refractivity contribution is 6.30. The first-order chi connectivity index (χ1) is 16.4. The lowest BCUT2D eigenvalue weighted by atomic mass is 9.94. The predicted molar refractivity (Wildman–Crippen MR) is 128 cm³/mol. The highest BCUT2D eigenvalue weighted by Gasteiger charge is 2.30. The second kappa shape index (κ2) is 9.45. The molecule has 6 N–H and O–H groups in total. The maximum Gasteiger partial charge on any atom is 0.211 e. The van der Waals surface area contributed by atoms with Crippen LogP contribution in [0.3, 0.4) is 0 Å². The Morgan fingerprint density at radius 3 is 2.74 bits per heavy atom. The van der Waals surface area contributed by atoms with Gasteiger partial charge in [-0.05, 0) is 35.9 Å². The zero-order valence-electron chi connectivity index (χ0n) is 18.0. The second-order valence-corrected chi connectivity index (χ2v) is 7.66. The molecule has 0 spiro atoms. The van der Waals surface area contributed by atoms with Crippen molar-refractivity contribution in [3.8, 4) is 23.8 Å². The minimum absolute atomic E-state index is 0.0199. The third kappa shape index (κ3) is 4.31. The first-order valence-electron chi connectivity index (χ1n) is 9.99. The van der Waals surface area contributed by atoms with Crippen molar-refractivity contribution in [2.75, 3.05) is 23.9 Å². The number of nitriles is 2. The van der Waals surface area contributed by atoms with Gasteiger partial charge >= 0.3 is 0 Å². The maximum absolute atomic E-state index is 9.50. The van der Waals surface area contributed by atoms with Gasteiger partial charge in [0.05, 0.1) is 12.8 Å². The molecule has 0 bridgehead atoms. The van der Waals surface area contributed by atoms with Gasteiger partial charge in [-0.2, -0.15) is 10.5 Å². The lowest BCUT2D eigenvalue weighted by molar-refractivity contribution is 0.296. The Morgan fingerprint density at radius 1 is 1.21 bits per heavy atom. The van der Waals surface area contributed by atoms with Gasteiger partial charge in [-0.15, -0.1) is 0 Å². The number of nitrogens with two attached hydrogens (primary N) is 2. The molecule has 1 atom stereocenters. The summed E-state index contributed by atoms with van der Waals surface area (Å²) in [4.78, 5) is 8.84. The van der Waals surface area contributed by atoms with Crippen LogP contribution in [0.15, 0.2) is 47.5 Å². The minimum atomic E-state index is -0.678. The largest absolute Gasteiger partial charge is 0.496 e. The van der Waals surface area contributed by atoms with Gasteiger partial charge in [0.15, 0.2) is 6.19 Å². The standard InChI is InChI=1S/C23H19ClN8O2/c1-33-17-6-5-12(7-13(17)10-34-15-4-2-3-14(24)8-15)20-18-19(27)16(9-25)21(28)31-22(18)32-23(30-20)29-11-26/h2-8,20H,10H2,1H3,(H6,27,28,29,30,31,32). The Morgan fingerprint density at radius 2 is 2.03 bits per heavy atom. The molecule has 0 fully saturated rings. The molecular weight excluding hydrogens is 456 g/mol. The summed E-state index contributed by atoms with van der Waals surface area (Å²) in [6, 6.07) is 13.8. The fraction of sp³-hybridized carbons (Fsp3) is 0.130. The van der Waals surface area contributed by atoms with E-state index in [0.29, 0.717) is 33.5 Å². The molecule has 0 radical (unpaired) electrons. The van der Waals surface area contributed by atoms with E-state index in [-0.39, 0.29) is 29.6 Å². The topological polar surface area (TPSA) is 167 Å². The number of pyridine rings is 1. The molecule has 170 valence electrons. The van der Waals surface area contributed by atoms with Crippen LogP contribution in [0.5, 0.6) is 11.5 Å². The van der Waals surface area contributed by atoms with E-state index in [1.165, 1.54) is 0 Å². The molecule has 10 nitrogen and oxygen atoms in total. The normalized spacial score (nSPS) is 14.0. The summed E-state index contributed by atoms with van der Waals surface area (Å²) in [6.45, 7) is 0.196. The highest BCUT2D eigenvalue weighted by atomic mass is 35.5. The summed E-state index contributed by atoms with van der Waals surface area (Å²) >= 11 is 6.05. The van der Waals surface area contributed by atoms with E-state index in [1.54, 1.807) is 37.4 Å². The first-order valence-corrected chi connectivity index (χ1v) is 10.4. The van der Waals surface area contributed by atoms with Crippen LogP contribution in [0.2, 0.25) is 5.02 Å². The average Bonchev–Trinajstić information content (AvgIpc) is 2.82. The number of halogens is 1. The van der Waals surface area contributed by atoms with Gasteiger partial charge < -0.3 is 26.3 Å². The fourth-order valence-electron chi connectivity index (χ4n) is 3.62. The Bertz CT molecular complexity index is 1380. The average molecular weight is 475 g/mol. The van der Waals surface area contributed by atoms with Crippen LogP contribution in [0.4, 0.5) is 17.3 Å². The molecular formula is C23H19ClN8O2. The number of hydrogen-bond donors (Lipinski definition) is 4. The highest BCUT2D eigenvalue weighted by Crippen LogP contribution is 2.41. The van der Waals surface area contributed by atoms with E-state index >= 15 is 0 Å². The van der Waals surface area contributed by atoms with Crippen molar-refractivity contribution in [1.29, 1.82) is 10.5 Å². The zero-order chi connectivity index (χ0) is 24.2. The number of hydrogen-bond acceptors (Lipinski definition) is 10. The SMILES string of the molecule is COc1ccc(C2N=C(NC#N)Nc3nc(N)c(C#N)c(N)c32)cc1COc1cccc(Cl)c1. The fourth-order valence-corrected chi connectivity index (χ4v) is 3.80. The number of aromatic nitrogens is 1. The van der Waals surface area contributed by atoms with E-state index in [9.17, 15) is 5.26 Å². The van der Waals surface area contributed by atoms with E-state index in [4.69, 9.17) is 37.8 Å². The Balaban J connectivity index is 1.78. The van der Waals surface area contributed by atoms with Crippen LogP contribution in [0.25, 0.3) is 0 Å². The Kier molecular flexibility index (Phi) is 6.26. The van der Waals surface area contributed by atoms with E-state index in [1.807, 2.05) is 24.4 Å². The Labute approximate surface area is 200 Å². The Hall–Kier alpha value is -4.67. The number of fused-ring (bicyclic) bond motifs is 1. The molecule has 11 heteroatoms. The summed E-state index contributed by atoms with van der Waals surface area (Å²) in [5.41, 5.74) is 14.4. The molecule has 0 saturated carbocycles. The molecule has 1 aromatic heterocycles. The molecule has 4 rings (SSSR count). The van der Waals surface area contributed by atoms with E-state index in [0.717, 1.165) is 5.56 Å². The van der Waals surface area contributed by atoms with Crippen molar-refractivity contribution < 1.29 is 9.47 Å². The second-order valence-electron chi connectivity index (χ2n) is 7.22. The number of nitrogen functional groups attached to an aromatic ring is 2. The van der Waals surface area contributed by atoms with Gasteiger partial charge in [0, 0.05) is 16.1 Å². The number of nitrogens with zero attached hydrogens (tertiary/aromatic N) is 4. The van der Waals surface area contributed by atoms with Crippen molar-refractivity contribution in [2.45, 2.75) is 12.6 Å². The quantitative estimate of drug-likeness (QED) is 0.320. The molecule has 0 amide bonds. The van der Waals surface area contributed by atoms with Crippen LogP contribution < -0.4 is 31.6 Å². The molecule has 0 saturated heterocycles. The first kappa shape index (κ1) is 22.5. The van der Waals surface area contributed by atoms with Crippen molar-refractivity contribution >= 4 is 34.9 Å². The van der Waals surface area contributed by atoms with Crippen LogP contribution >= 0.6 is 11.6 Å². The molecule has 0 aliphatic carbocycles. The van der Waals surface area contributed by atoms with E-state index in [2.05, 4.69) is 20.6 Å². The summed E-state index contributed by atoms with van der Waals surface area (Å²) in [5, 5.41) is 24.5. The molecule has 2 heterocycles. The number of guanidine groups is 1. The van der Waals surface area contributed by atoms with Gasteiger partial charge in [0.25, 0.3) is 0 Å². The van der Waals surface area contributed by atoms with Crippen molar-refractivity contribution in [2.24, 2.45) is 4.99 Å². The molecule has 1 aliphatic rings. The minimum Gasteiger partial charge on any atom is -0.496 e. The van der Waals surface area contributed by atoms with Crippen molar-refractivity contribution in [1.82, 2.24) is 10.3 Å².